The van der Waals surface area contributed by atoms with Crippen molar-refractivity contribution in [3.8, 4) is 0 Å². The summed E-state index contributed by atoms with van der Waals surface area (Å²) in [7, 11) is 0. The van der Waals surface area contributed by atoms with Gasteiger partial charge in [0.15, 0.2) is 5.82 Å². The summed E-state index contributed by atoms with van der Waals surface area (Å²) in [6, 6.07) is 2.02. The molecule has 0 atom stereocenters. The largest absolute Gasteiger partial charge is 0.341 e. The van der Waals surface area contributed by atoms with E-state index in [1.165, 1.54) is 0 Å². The minimum atomic E-state index is 0.217. The van der Waals surface area contributed by atoms with Crippen LogP contribution in [0.2, 0.25) is 0 Å². The first-order valence-corrected chi connectivity index (χ1v) is 8.45. The molecule has 0 bridgehead atoms. The maximum atomic E-state index is 12.4. The first kappa shape index (κ1) is 15.2. The molecule has 1 saturated heterocycles. The lowest BCUT2D eigenvalue weighted by atomic mass is 10.2. The van der Waals surface area contributed by atoms with Gasteiger partial charge in [-0.1, -0.05) is 5.16 Å². The van der Waals surface area contributed by atoms with Crippen LogP contribution in [0.4, 0.5) is 0 Å². The van der Waals surface area contributed by atoms with Crippen LogP contribution in [-0.2, 0) is 17.8 Å². The number of carbonyl (C=O) groups is 1. The smallest absolute Gasteiger partial charge is 0.240 e. The average Bonchev–Trinajstić information content (AvgIpc) is 3.07. The SMILES string of the molecule is Cc1noc(CN2CCCN(C(=O)Cc3ccsc3)CC2)n1. The molecule has 0 N–H and O–H groups in total. The van der Waals surface area contributed by atoms with Crippen LogP contribution in [0, 0.1) is 6.92 Å². The molecule has 0 spiro atoms. The predicted octanol–water partition coefficient (Wildman–Crippen LogP) is 1.72. The zero-order valence-corrected chi connectivity index (χ0v) is 13.5. The summed E-state index contributed by atoms with van der Waals surface area (Å²) in [5.74, 6) is 1.53. The maximum absolute atomic E-state index is 12.4. The van der Waals surface area contributed by atoms with Gasteiger partial charge in [0.2, 0.25) is 11.8 Å². The Bertz CT molecular complexity index is 611. The second kappa shape index (κ2) is 7.02. The van der Waals surface area contributed by atoms with Gasteiger partial charge in [-0.25, -0.2) is 0 Å². The zero-order chi connectivity index (χ0) is 15.4. The van der Waals surface area contributed by atoms with E-state index in [0.29, 0.717) is 24.7 Å². The van der Waals surface area contributed by atoms with Gasteiger partial charge in [-0.15, -0.1) is 0 Å². The zero-order valence-electron chi connectivity index (χ0n) is 12.7. The summed E-state index contributed by atoms with van der Waals surface area (Å²) < 4.78 is 5.17. The normalized spacial score (nSPS) is 16.7. The molecular formula is C15H20N4O2S. The summed E-state index contributed by atoms with van der Waals surface area (Å²) in [6.07, 6.45) is 1.48. The van der Waals surface area contributed by atoms with Crippen LogP contribution in [0.3, 0.4) is 0 Å². The standard InChI is InChI=1S/C15H20N4O2S/c1-12-16-14(21-17-12)10-18-4-2-5-19(7-6-18)15(20)9-13-3-8-22-11-13/h3,8,11H,2,4-7,9-10H2,1H3. The van der Waals surface area contributed by atoms with Gasteiger partial charge < -0.3 is 9.42 Å². The van der Waals surface area contributed by atoms with Gasteiger partial charge in [-0.05, 0) is 35.7 Å². The van der Waals surface area contributed by atoms with Gasteiger partial charge in [-0.3, -0.25) is 9.69 Å². The fourth-order valence-corrected chi connectivity index (χ4v) is 3.32. The molecule has 0 aromatic carbocycles. The van der Waals surface area contributed by atoms with Crippen molar-refractivity contribution < 1.29 is 9.32 Å². The van der Waals surface area contributed by atoms with E-state index in [-0.39, 0.29) is 5.91 Å². The molecule has 22 heavy (non-hydrogen) atoms. The van der Waals surface area contributed by atoms with E-state index in [2.05, 4.69) is 15.0 Å². The van der Waals surface area contributed by atoms with Crippen molar-refractivity contribution >= 4 is 17.2 Å². The van der Waals surface area contributed by atoms with Gasteiger partial charge in [0.05, 0.1) is 13.0 Å². The third-order valence-corrected chi connectivity index (χ3v) is 4.54. The molecular weight excluding hydrogens is 300 g/mol. The summed E-state index contributed by atoms with van der Waals surface area (Å²) >= 11 is 1.63. The number of hydrogen-bond acceptors (Lipinski definition) is 6. The number of carbonyl (C=O) groups excluding carboxylic acids is 1. The van der Waals surface area contributed by atoms with Crippen LogP contribution in [0.1, 0.15) is 23.7 Å². The number of aromatic nitrogens is 2. The first-order valence-electron chi connectivity index (χ1n) is 7.51. The van der Waals surface area contributed by atoms with Crippen molar-refractivity contribution in [1.82, 2.24) is 19.9 Å². The van der Waals surface area contributed by atoms with Gasteiger partial charge in [0.25, 0.3) is 0 Å². The molecule has 7 heteroatoms. The lowest BCUT2D eigenvalue weighted by Crippen LogP contribution is -2.36. The molecule has 2 aromatic rings. The molecule has 3 heterocycles. The van der Waals surface area contributed by atoms with Crippen LogP contribution in [0.5, 0.6) is 0 Å². The first-order chi connectivity index (χ1) is 10.7. The Morgan fingerprint density at radius 1 is 1.36 bits per heavy atom. The highest BCUT2D eigenvalue weighted by Crippen LogP contribution is 2.11. The van der Waals surface area contributed by atoms with E-state index in [0.717, 1.165) is 38.2 Å². The molecule has 1 amide bonds. The van der Waals surface area contributed by atoms with Crippen molar-refractivity contribution in [3.63, 3.8) is 0 Å². The number of amides is 1. The van der Waals surface area contributed by atoms with Crippen LogP contribution in [0.25, 0.3) is 0 Å². The topological polar surface area (TPSA) is 62.5 Å². The molecule has 1 aliphatic rings. The quantitative estimate of drug-likeness (QED) is 0.858. The molecule has 118 valence electrons. The fraction of sp³-hybridized carbons (Fsp3) is 0.533. The third-order valence-electron chi connectivity index (χ3n) is 3.81. The summed E-state index contributed by atoms with van der Waals surface area (Å²) in [5.41, 5.74) is 1.11. The van der Waals surface area contributed by atoms with E-state index in [9.17, 15) is 4.79 Å². The summed E-state index contributed by atoms with van der Waals surface area (Å²) in [6.45, 7) is 5.85. The Morgan fingerprint density at radius 2 is 2.27 bits per heavy atom. The van der Waals surface area contributed by atoms with Gasteiger partial charge in [0, 0.05) is 26.2 Å². The van der Waals surface area contributed by atoms with Crippen molar-refractivity contribution in [3.05, 3.63) is 34.1 Å². The molecule has 0 aliphatic carbocycles. The minimum Gasteiger partial charge on any atom is -0.341 e. The van der Waals surface area contributed by atoms with Gasteiger partial charge >= 0.3 is 0 Å². The van der Waals surface area contributed by atoms with Crippen LogP contribution in [0.15, 0.2) is 21.3 Å². The highest BCUT2D eigenvalue weighted by Gasteiger charge is 2.20. The van der Waals surface area contributed by atoms with Crippen molar-refractivity contribution in [2.24, 2.45) is 0 Å². The summed E-state index contributed by atoms with van der Waals surface area (Å²) in [4.78, 5) is 20.8. The molecule has 3 rings (SSSR count). The van der Waals surface area contributed by atoms with Crippen molar-refractivity contribution in [1.29, 1.82) is 0 Å². The predicted molar refractivity (Wildman–Crippen MR) is 83.5 cm³/mol. The van der Waals surface area contributed by atoms with Crippen molar-refractivity contribution in [2.75, 3.05) is 26.2 Å². The van der Waals surface area contributed by atoms with E-state index in [1.807, 2.05) is 28.7 Å². The Labute approximate surface area is 133 Å². The Hall–Kier alpha value is -1.73. The van der Waals surface area contributed by atoms with Crippen molar-refractivity contribution in [2.45, 2.75) is 26.3 Å². The lowest BCUT2D eigenvalue weighted by molar-refractivity contribution is -0.130. The number of aryl methyl sites for hydroxylation is 1. The summed E-state index contributed by atoms with van der Waals surface area (Å²) in [5, 5.41) is 7.87. The Balaban J connectivity index is 1.52. The molecule has 1 aliphatic heterocycles. The van der Waals surface area contributed by atoms with E-state index in [1.54, 1.807) is 11.3 Å². The number of nitrogens with zero attached hydrogens (tertiary/aromatic N) is 4. The van der Waals surface area contributed by atoms with E-state index in [4.69, 9.17) is 4.52 Å². The number of thiophene rings is 1. The molecule has 2 aromatic heterocycles. The van der Waals surface area contributed by atoms with Crippen LogP contribution in [-0.4, -0.2) is 52.0 Å². The fourth-order valence-electron chi connectivity index (χ4n) is 2.65. The number of hydrogen-bond donors (Lipinski definition) is 0. The van der Waals surface area contributed by atoms with Gasteiger partial charge in [-0.2, -0.15) is 16.3 Å². The van der Waals surface area contributed by atoms with E-state index < -0.39 is 0 Å². The Morgan fingerprint density at radius 3 is 3.00 bits per heavy atom. The van der Waals surface area contributed by atoms with E-state index >= 15 is 0 Å². The van der Waals surface area contributed by atoms with Gasteiger partial charge in [0.1, 0.15) is 0 Å². The van der Waals surface area contributed by atoms with Crippen LogP contribution >= 0.6 is 11.3 Å². The lowest BCUT2D eigenvalue weighted by Gasteiger charge is -2.21. The molecule has 1 fully saturated rings. The molecule has 0 unspecified atom stereocenters. The monoisotopic (exact) mass is 320 g/mol. The second-order valence-electron chi connectivity index (χ2n) is 5.55. The average molecular weight is 320 g/mol. The highest BCUT2D eigenvalue weighted by molar-refractivity contribution is 7.07. The highest BCUT2D eigenvalue weighted by atomic mass is 32.1. The molecule has 0 saturated carbocycles. The maximum Gasteiger partial charge on any atom is 0.240 e. The number of rotatable bonds is 4. The second-order valence-corrected chi connectivity index (χ2v) is 6.33. The molecule has 0 radical (unpaired) electrons. The third kappa shape index (κ3) is 3.92. The van der Waals surface area contributed by atoms with Crippen LogP contribution < -0.4 is 0 Å². The minimum absolute atomic E-state index is 0.217. The Kier molecular flexibility index (Phi) is 4.84. The molecule has 6 nitrogen and oxygen atoms in total.